The van der Waals surface area contributed by atoms with Crippen LogP contribution in [0.1, 0.15) is 106 Å². The predicted octanol–water partition coefficient (Wildman–Crippen LogP) is 7.20. The number of aliphatic hydroxyl groups excluding tert-OH is 1. The van der Waals surface area contributed by atoms with Gasteiger partial charge in [0.1, 0.15) is 5.78 Å². The Morgan fingerprint density at radius 2 is 1.62 bits per heavy atom. The summed E-state index contributed by atoms with van der Waals surface area (Å²) in [6.07, 6.45) is 9.96. The van der Waals surface area contributed by atoms with E-state index >= 15 is 0 Å². The molecule has 32 heavy (non-hydrogen) atoms. The molecule has 2 heteroatoms. The Balaban J connectivity index is 1.59. The summed E-state index contributed by atoms with van der Waals surface area (Å²) in [7, 11) is 0. The van der Waals surface area contributed by atoms with Crippen molar-refractivity contribution in [2.75, 3.05) is 0 Å². The van der Waals surface area contributed by atoms with Crippen molar-refractivity contribution >= 4 is 5.78 Å². The minimum absolute atomic E-state index is 0.0683. The second-order valence-electron chi connectivity index (χ2n) is 14.6. The number of aliphatic hydroxyl groups is 1. The fourth-order valence-corrected chi connectivity index (χ4v) is 11.2. The molecule has 5 aliphatic carbocycles. The van der Waals surface area contributed by atoms with E-state index in [2.05, 4.69) is 55.0 Å². The van der Waals surface area contributed by atoms with Crippen LogP contribution in [-0.4, -0.2) is 17.0 Å². The Labute approximate surface area is 197 Å². The predicted molar refractivity (Wildman–Crippen MR) is 131 cm³/mol. The minimum Gasteiger partial charge on any atom is -0.393 e. The second-order valence-corrected chi connectivity index (χ2v) is 14.6. The first kappa shape index (κ1) is 23.1. The largest absolute Gasteiger partial charge is 0.393 e. The van der Waals surface area contributed by atoms with Crippen molar-refractivity contribution in [3.05, 3.63) is 12.2 Å². The molecule has 0 aromatic carbocycles. The van der Waals surface area contributed by atoms with E-state index in [4.69, 9.17) is 0 Å². The number of allylic oxidation sites excluding steroid dienone is 1. The Morgan fingerprint density at radius 1 is 0.938 bits per heavy atom. The number of ketones is 1. The maximum Gasteiger partial charge on any atom is 0.138 e. The van der Waals surface area contributed by atoms with Crippen LogP contribution in [0, 0.1) is 56.7 Å². The van der Waals surface area contributed by atoms with E-state index in [1.807, 2.05) is 0 Å². The van der Waals surface area contributed by atoms with Gasteiger partial charge in [0.05, 0.1) is 6.10 Å². The highest BCUT2D eigenvalue weighted by molar-refractivity contribution is 5.85. The maximum absolute atomic E-state index is 12.9. The molecule has 180 valence electrons. The molecule has 0 unspecified atom stereocenters. The Morgan fingerprint density at radius 3 is 2.28 bits per heavy atom. The molecule has 0 aliphatic heterocycles. The van der Waals surface area contributed by atoms with Crippen LogP contribution in [0.3, 0.4) is 0 Å². The van der Waals surface area contributed by atoms with Crippen molar-refractivity contribution in [2.24, 2.45) is 56.7 Å². The number of hydrogen-bond acceptors (Lipinski definition) is 2. The minimum atomic E-state index is -0.311. The molecule has 0 spiro atoms. The van der Waals surface area contributed by atoms with Gasteiger partial charge < -0.3 is 5.11 Å². The van der Waals surface area contributed by atoms with Gasteiger partial charge in [0.2, 0.25) is 0 Å². The molecule has 5 fully saturated rings. The van der Waals surface area contributed by atoms with Crippen LogP contribution in [0.15, 0.2) is 12.2 Å². The van der Waals surface area contributed by atoms with Gasteiger partial charge in [-0.2, -0.15) is 0 Å². The van der Waals surface area contributed by atoms with Crippen LogP contribution in [-0.2, 0) is 4.79 Å². The third-order valence-electron chi connectivity index (χ3n) is 13.3. The van der Waals surface area contributed by atoms with Gasteiger partial charge in [0.25, 0.3) is 0 Å². The number of hydrogen-bond donors (Lipinski definition) is 1. The maximum atomic E-state index is 12.9. The second kappa shape index (κ2) is 6.73. The smallest absolute Gasteiger partial charge is 0.138 e. The molecule has 0 bridgehead atoms. The van der Waals surface area contributed by atoms with E-state index in [-0.39, 0.29) is 27.8 Å². The van der Waals surface area contributed by atoms with Gasteiger partial charge in [0, 0.05) is 17.3 Å². The first-order chi connectivity index (χ1) is 14.7. The van der Waals surface area contributed by atoms with E-state index in [0.717, 1.165) is 25.2 Å². The molecule has 5 aliphatic rings. The fraction of sp³-hybridized carbons (Fsp3) is 0.900. The first-order valence-corrected chi connectivity index (χ1v) is 13.6. The third-order valence-corrected chi connectivity index (χ3v) is 13.3. The van der Waals surface area contributed by atoms with Crippen LogP contribution < -0.4 is 0 Å². The van der Waals surface area contributed by atoms with Crippen molar-refractivity contribution in [3.8, 4) is 0 Å². The summed E-state index contributed by atoms with van der Waals surface area (Å²) in [6, 6.07) is 0. The van der Waals surface area contributed by atoms with Crippen molar-refractivity contribution in [1.82, 2.24) is 0 Å². The standard InChI is InChI=1S/C30H48O2/c1-18(2)19-11-13-27(5)15-16-29(7)20(25(19)27)9-10-21-28(6)14-12-23(31)26(3,4)22(28)17-24(32)30(21,29)8/h19-22,24-25,32H,1,9-17H2,2-8H3/t19-,20+,21+,22-,24-,25+,27+,28+,29+,30-/m0/s1. The third kappa shape index (κ3) is 2.55. The normalized spacial score (nSPS) is 56.6. The van der Waals surface area contributed by atoms with Crippen LogP contribution in [0.5, 0.6) is 0 Å². The van der Waals surface area contributed by atoms with Gasteiger partial charge in [-0.1, -0.05) is 53.7 Å². The van der Waals surface area contributed by atoms with E-state index in [9.17, 15) is 9.90 Å². The topological polar surface area (TPSA) is 37.3 Å². The average molecular weight is 441 g/mol. The highest BCUT2D eigenvalue weighted by Gasteiger charge is 2.72. The van der Waals surface area contributed by atoms with Gasteiger partial charge >= 0.3 is 0 Å². The lowest BCUT2D eigenvalue weighted by atomic mass is 9.31. The van der Waals surface area contributed by atoms with Crippen molar-refractivity contribution in [1.29, 1.82) is 0 Å². The van der Waals surface area contributed by atoms with E-state index in [0.29, 0.717) is 34.9 Å². The molecule has 10 atom stereocenters. The molecule has 0 aromatic heterocycles. The highest BCUT2D eigenvalue weighted by Crippen LogP contribution is 2.77. The lowest BCUT2D eigenvalue weighted by Crippen LogP contribution is -2.70. The van der Waals surface area contributed by atoms with Crippen LogP contribution in [0.25, 0.3) is 0 Å². The van der Waals surface area contributed by atoms with Gasteiger partial charge in [-0.3, -0.25) is 4.79 Å². The number of Topliss-reactive ketones (excluding diaryl/α,β-unsaturated/α-hetero) is 1. The van der Waals surface area contributed by atoms with Crippen molar-refractivity contribution < 1.29 is 9.90 Å². The number of carbonyl (C=O) groups is 1. The summed E-state index contributed by atoms with van der Waals surface area (Å²) < 4.78 is 0. The lowest BCUT2D eigenvalue weighted by Gasteiger charge is -2.73. The zero-order valence-corrected chi connectivity index (χ0v) is 21.9. The quantitative estimate of drug-likeness (QED) is 0.438. The molecule has 0 heterocycles. The summed E-state index contributed by atoms with van der Waals surface area (Å²) in [5, 5.41) is 12.0. The molecular weight excluding hydrogens is 392 g/mol. The van der Waals surface area contributed by atoms with Gasteiger partial charge in [-0.25, -0.2) is 0 Å². The van der Waals surface area contributed by atoms with Crippen molar-refractivity contribution in [3.63, 3.8) is 0 Å². The lowest BCUT2D eigenvalue weighted by molar-refractivity contribution is -0.271. The molecule has 5 rings (SSSR count). The highest BCUT2D eigenvalue weighted by atomic mass is 16.3. The van der Waals surface area contributed by atoms with Crippen molar-refractivity contribution in [2.45, 2.75) is 112 Å². The van der Waals surface area contributed by atoms with Gasteiger partial charge in [-0.15, -0.1) is 0 Å². The van der Waals surface area contributed by atoms with E-state index < -0.39 is 0 Å². The molecule has 0 radical (unpaired) electrons. The summed E-state index contributed by atoms with van der Waals surface area (Å²) in [5.41, 5.74) is 1.78. The number of rotatable bonds is 1. The number of carbonyl (C=O) groups excluding carboxylic acids is 1. The van der Waals surface area contributed by atoms with Crippen LogP contribution in [0.4, 0.5) is 0 Å². The molecule has 0 saturated heterocycles. The Hall–Kier alpha value is -0.630. The summed E-state index contributed by atoms with van der Waals surface area (Å²) in [5.74, 6) is 3.28. The zero-order valence-electron chi connectivity index (χ0n) is 21.9. The first-order valence-electron chi connectivity index (χ1n) is 13.6. The monoisotopic (exact) mass is 440 g/mol. The van der Waals surface area contributed by atoms with Crippen LogP contribution >= 0.6 is 0 Å². The summed E-state index contributed by atoms with van der Waals surface area (Å²) in [4.78, 5) is 12.9. The van der Waals surface area contributed by atoms with Gasteiger partial charge in [-0.05, 0) is 104 Å². The molecule has 5 saturated carbocycles. The number of fused-ring (bicyclic) bond motifs is 7. The SMILES string of the molecule is C=C(C)[C@@H]1CC[C@]2(C)CC[C@]3(C)[C@H](CC[C@@H]4[C@@]5(C)CCC(=O)C(C)(C)[C@@H]5C[C@H](O)[C@]43C)[C@@H]12. The van der Waals surface area contributed by atoms with E-state index in [1.54, 1.807) is 0 Å². The average Bonchev–Trinajstić information content (AvgIpc) is 3.07. The molecule has 0 amide bonds. The van der Waals surface area contributed by atoms with E-state index in [1.165, 1.54) is 44.1 Å². The molecule has 2 nitrogen and oxygen atoms in total. The molecule has 1 N–H and O–H groups in total. The summed E-state index contributed by atoms with van der Waals surface area (Å²) >= 11 is 0. The van der Waals surface area contributed by atoms with Gasteiger partial charge in [0.15, 0.2) is 0 Å². The summed E-state index contributed by atoms with van der Waals surface area (Å²) in [6.45, 7) is 21.2. The Bertz CT molecular complexity index is 842. The van der Waals surface area contributed by atoms with Crippen LogP contribution in [0.2, 0.25) is 0 Å². The Kier molecular flexibility index (Phi) is 4.87. The molecular formula is C30H48O2. The zero-order chi connectivity index (χ0) is 23.5. The molecule has 0 aromatic rings. The fourth-order valence-electron chi connectivity index (χ4n) is 11.2.